The van der Waals surface area contributed by atoms with Gasteiger partial charge in [0.2, 0.25) is 0 Å². The minimum atomic E-state index is 0.761. The van der Waals surface area contributed by atoms with Crippen molar-refractivity contribution in [1.29, 1.82) is 0 Å². The second kappa shape index (κ2) is 8.46. The lowest BCUT2D eigenvalue weighted by Gasteiger charge is -2.21. The molecule has 20 heavy (non-hydrogen) atoms. The van der Waals surface area contributed by atoms with Crippen LogP contribution in [0, 0.1) is 5.92 Å². The normalized spacial score (nSPS) is 23.5. The SMILES string of the molecule is CCCNC1CCCCC(Cc2ccc(CC)cc2)C1. The van der Waals surface area contributed by atoms with Gasteiger partial charge in [0.1, 0.15) is 0 Å². The first-order valence-electron chi connectivity index (χ1n) is 8.63. The summed E-state index contributed by atoms with van der Waals surface area (Å²) in [5, 5.41) is 3.75. The zero-order valence-corrected chi connectivity index (χ0v) is 13.3. The van der Waals surface area contributed by atoms with Gasteiger partial charge in [-0.15, -0.1) is 0 Å². The molecule has 0 radical (unpaired) electrons. The maximum absolute atomic E-state index is 3.75. The molecule has 1 heteroatoms. The molecule has 0 heterocycles. The highest BCUT2D eigenvalue weighted by atomic mass is 14.9. The van der Waals surface area contributed by atoms with Crippen molar-refractivity contribution < 1.29 is 0 Å². The molecule has 0 aromatic heterocycles. The highest BCUT2D eigenvalue weighted by Gasteiger charge is 2.19. The van der Waals surface area contributed by atoms with Crippen molar-refractivity contribution in [3.63, 3.8) is 0 Å². The molecule has 112 valence electrons. The summed E-state index contributed by atoms with van der Waals surface area (Å²) >= 11 is 0. The van der Waals surface area contributed by atoms with Gasteiger partial charge >= 0.3 is 0 Å². The van der Waals surface area contributed by atoms with Gasteiger partial charge in [0, 0.05) is 6.04 Å². The first-order chi connectivity index (χ1) is 9.81. The summed E-state index contributed by atoms with van der Waals surface area (Å²) in [7, 11) is 0. The van der Waals surface area contributed by atoms with Crippen molar-refractivity contribution in [2.45, 2.75) is 71.3 Å². The summed E-state index contributed by atoms with van der Waals surface area (Å²) in [6.45, 7) is 5.67. The Kier molecular flexibility index (Phi) is 6.59. The van der Waals surface area contributed by atoms with E-state index < -0.39 is 0 Å². The molecule has 1 aromatic carbocycles. The number of nitrogens with one attached hydrogen (secondary N) is 1. The monoisotopic (exact) mass is 273 g/mol. The number of rotatable bonds is 6. The minimum absolute atomic E-state index is 0.761. The Morgan fingerprint density at radius 1 is 1.00 bits per heavy atom. The summed E-state index contributed by atoms with van der Waals surface area (Å²) in [4.78, 5) is 0. The molecule has 1 N–H and O–H groups in total. The summed E-state index contributed by atoms with van der Waals surface area (Å²) < 4.78 is 0. The second-order valence-corrected chi connectivity index (χ2v) is 6.41. The van der Waals surface area contributed by atoms with E-state index >= 15 is 0 Å². The fraction of sp³-hybridized carbons (Fsp3) is 0.684. The average molecular weight is 273 g/mol. The minimum Gasteiger partial charge on any atom is -0.314 e. The second-order valence-electron chi connectivity index (χ2n) is 6.41. The van der Waals surface area contributed by atoms with E-state index in [0.29, 0.717) is 0 Å². The maximum Gasteiger partial charge on any atom is 0.00698 e. The Labute approximate surface area is 125 Å². The van der Waals surface area contributed by atoms with Crippen LogP contribution in [0.5, 0.6) is 0 Å². The standard InChI is InChI=1S/C19H31N/c1-3-13-20-19-8-6-5-7-18(15-19)14-17-11-9-16(4-2)10-12-17/h9-12,18-20H,3-8,13-15H2,1-2H3. The van der Waals surface area contributed by atoms with Crippen molar-refractivity contribution in [2.75, 3.05) is 6.54 Å². The van der Waals surface area contributed by atoms with Crippen LogP contribution in [0.3, 0.4) is 0 Å². The molecule has 1 aromatic rings. The largest absolute Gasteiger partial charge is 0.314 e. The lowest BCUT2D eigenvalue weighted by molar-refractivity contribution is 0.384. The third kappa shape index (κ3) is 4.94. The predicted octanol–water partition coefficient (Wildman–Crippen LogP) is 4.74. The van der Waals surface area contributed by atoms with Crippen LogP contribution in [-0.2, 0) is 12.8 Å². The lowest BCUT2D eigenvalue weighted by atomic mass is 9.90. The van der Waals surface area contributed by atoms with E-state index in [-0.39, 0.29) is 0 Å². The molecule has 0 saturated heterocycles. The van der Waals surface area contributed by atoms with Gasteiger partial charge in [0.05, 0.1) is 0 Å². The van der Waals surface area contributed by atoms with E-state index in [1.54, 1.807) is 0 Å². The molecule has 0 spiro atoms. The molecular formula is C19H31N. The van der Waals surface area contributed by atoms with E-state index in [1.807, 2.05) is 0 Å². The Morgan fingerprint density at radius 2 is 1.70 bits per heavy atom. The molecule has 0 amide bonds. The summed E-state index contributed by atoms with van der Waals surface area (Å²) in [5.41, 5.74) is 2.99. The van der Waals surface area contributed by atoms with Gasteiger partial charge in [-0.3, -0.25) is 0 Å². The van der Waals surface area contributed by atoms with Crippen LogP contribution in [0.4, 0.5) is 0 Å². The van der Waals surface area contributed by atoms with Crippen molar-refractivity contribution in [3.05, 3.63) is 35.4 Å². The molecule has 1 nitrogen and oxygen atoms in total. The smallest absolute Gasteiger partial charge is 0.00698 e. The van der Waals surface area contributed by atoms with Gasteiger partial charge in [-0.05, 0) is 55.7 Å². The Bertz CT molecular complexity index is 368. The van der Waals surface area contributed by atoms with Crippen LogP contribution >= 0.6 is 0 Å². The Balaban J connectivity index is 1.88. The summed E-state index contributed by atoms with van der Waals surface area (Å²) in [5.74, 6) is 0.874. The zero-order valence-electron chi connectivity index (χ0n) is 13.3. The van der Waals surface area contributed by atoms with Crippen molar-refractivity contribution in [3.8, 4) is 0 Å². The van der Waals surface area contributed by atoms with Crippen molar-refractivity contribution in [2.24, 2.45) is 5.92 Å². The third-order valence-corrected chi connectivity index (χ3v) is 4.67. The fourth-order valence-electron chi connectivity index (χ4n) is 3.43. The van der Waals surface area contributed by atoms with E-state index in [4.69, 9.17) is 0 Å². The van der Waals surface area contributed by atoms with Crippen LogP contribution in [0.25, 0.3) is 0 Å². The van der Waals surface area contributed by atoms with Gasteiger partial charge in [-0.25, -0.2) is 0 Å². The van der Waals surface area contributed by atoms with Crippen LogP contribution in [0.1, 0.15) is 63.5 Å². The fourth-order valence-corrected chi connectivity index (χ4v) is 3.43. The molecule has 1 aliphatic rings. The van der Waals surface area contributed by atoms with Gasteiger partial charge < -0.3 is 5.32 Å². The van der Waals surface area contributed by atoms with Crippen molar-refractivity contribution in [1.82, 2.24) is 5.32 Å². The first-order valence-corrected chi connectivity index (χ1v) is 8.63. The maximum atomic E-state index is 3.75. The molecule has 0 aliphatic heterocycles. The van der Waals surface area contributed by atoms with Crippen molar-refractivity contribution >= 4 is 0 Å². The van der Waals surface area contributed by atoms with Crippen LogP contribution in [0.15, 0.2) is 24.3 Å². The van der Waals surface area contributed by atoms with Crippen LogP contribution in [-0.4, -0.2) is 12.6 Å². The molecule has 2 rings (SSSR count). The summed E-state index contributed by atoms with van der Waals surface area (Å²) in [6, 6.07) is 10.1. The topological polar surface area (TPSA) is 12.0 Å². The molecular weight excluding hydrogens is 242 g/mol. The van der Waals surface area contributed by atoms with Crippen LogP contribution in [0.2, 0.25) is 0 Å². The van der Waals surface area contributed by atoms with Gasteiger partial charge in [-0.2, -0.15) is 0 Å². The molecule has 1 aliphatic carbocycles. The molecule has 2 atom stereocenters. The van der Waals surface area contributed by atoms with E-state index in [9.17, 15) is 0 Å². The molecule has 0 bridgehead atoms. The van der Waals surface area contributed by atoms with Gasteiger partial charge in [0.15, 0.2) is 0 Å². The number of benzene rings is 1. The molecule has 2 unspecified atom stereocenters. The summed E-state index contributed by atoms with van der Waals surface area (Å²) in [6.07, 6.45) is 10.7. The number of hydrogen-bond donors (Lipinski definition) is 1. The quantitative estimate of drug-likeness (QED) is 0.738. The number of aryl methyl sites for hydroxylation is 1. The predicted molar refractivity (Wildman–Crippen MR) is 88.2 cm³/mol. The highest BCUT2D eigenvalue weighted by molar-refractivity contribution is 5.22. The van der Waals surface area contributed by atoms with Gasteiger partial charge in [0.25, 0.3) is 0 Å². The lowest BCUT2D eigenvalue weighted by Crippen LogP contribution is -2.31. The zero-order chi connectivity index (χ0) is 14.2. The highest BCUT2D eigenvalue weighted by Crippen LogP contribution is 2.26. The van der Waals surface area contributed by atoms with Gasteiger partial charge in [-0.1, -0.05) is 57.4 Å². The first kappa shape index (κ1) is 15.6. The Hall–Kier alpha value is -0.820. The van der Waals surface area contributed by atoms with E-state index in [2.05, 4.69) is 43.4 Å². The molecule has 1 fully saturated rings. The molecule has 1 saturated carbocycles. The average Bonchev–Trinajstić information content (AvgIpc) is 2.71. The van der Waals surface area contributed by atoms with Crippen LogP contribution < -0.4 is 5.32 Å². The van der Waals surface area contributed by atoms with E-state index in [1.165, 1.54) is 62.6 Å². The van der Waals surface area contributed by atoms with E-state index in [0.717, 1.165) is 18.4 Å². The Morgan fingerprint density at radius 3 is 2.40 bits per heavy atom. The number of hydrogen-bond acceptors (Lipinski definition) is 1. The third-order valence-electron chi connectivity index (χ3n) is 4.67.